The van der Waals surface area contributed by atoms with Crippen molar-refractivity contribution in [3.05, 3.63) is 24.0 Å². The largest absolute Gasteiger partial charge is 0.480 e. The molecule has 0 bridgehead atoms. The second-order valence-corrected chi connectivity index (χ2v) is 4.84. The molecule has 0 aromatic carbocycles. The fourth-order valence-electron chi connectivity index (χ4n) is 2.26. The molecule has 1 aromatic rings. The predicted octanol–water partition coefficient (Wildman–Crippen LogP) is 0.872. The lowest BCUT2D eigenvalue weighted by molar-refractivity contribution is -0.137. The van der Waals surface area contributed by atoms with Gasteiger partial charge in [-0.25, -0.2) is 0 Å². The van der Waals surface area contributed by atoms with Gasteiger partial charge in [-0.15, -0.1) is 0 Å². The molecule has 2 rings (SSSR count). The van der Waals surface area contributed by atoms with Crippen molar-refractivity contribution >= 4 is 11.9 Å². The Bertz CT molecular complexity index is 471. The number of methoxy groups -OCH3 is 1. The summed E-state index contributed by atoms with van der Waals surface area (Å²) in [5.74, 6) is -1.24. The van der Waals surface area contributed by atoms with E-state index in [4.69, 9.17) is 9.84 Å². The van der Waals surface area contributed by atoms with Gasteiger partial charge in [0.2, 0.25) is 0 Å². The zero-order chi connectivity index (χ0) is 13.9. The zero-order valence-electron chi connectivity index (χ0n) is 10.9. The van der Waals surface area contributed by atoms with Crippen LogP contribution in [0.4, 0.5) is 0 Å². The highest BCUT2D eigenvalue weighted by atomic mass is 16.5. The van der Waals surface area contributed by atoms with E-state index in [9.17, 15) is 9.59 Å². The Hall–Kier alpha value is -1.82. The molecule has 19 heavy (non-hydrogen) atoms. The smallest absolute Gasteiger partial charge is 0.323 e. The molecule has 6 heteroatoms. The number of aromatic nitrogens is 1. The van der Waals surface area contributed by atoms with Crippen molar-refractivity contribution in [2.24, 2.45) is 0 Å². The topological polar surface area (TPSA) is 80.6 Å². The van der Waals surface area contributed by atoms with E-state index >= 15 is 0 Å². The first-order valence-electron chi connectivity index (χ1n) is 6.27. The number of amides is 1. The van der Waals surface area contributed by atoms with Crippen LogP contribution in [0.15, 0.2) is 18.3 Å². The molecule has 0 aliphatic heterocycles. The summed E-state index contributed by atoms with van der Waals surface area (Å²) in [6.07, 6.45) is 4.58. The Morgan fingerprint density at radius 1 is 1.53 bits per heavy atom. The maximum absolute atomic E-state index is 12.0. The van der Waals surface area contributed by atoms with E-state index in [0.717, 1.165) is 19.3 Å². The second kappa shape index (κ2) is 5.44. The van der Waals surface area contributed by atoms with Gasteiger partial charge in [0.15, 0.2) is 0 Å². The van der Waals surface area contributed by atoms with Gasteiger partial charge in [-0.2, -0.15) is 0 Å². The summed E-state index contributed by atoms with van der Waals surface area (Å²) in [4.78, 5) is 22.7. The summed E-state index contributed by atoms with van der Waals surface area (Å²) in [5.41, 5.74) is 0.118. The van der Waals surface area contributed by atoms with Gasteiger partial charge in [0.05, 0.1) is 5.60 Å². The number of carboxylic acid groups (broad SMARTS) is 1. The number of carboxylic acids is 1. The molecule has 0 atom stereocenters. The lowest BCUT2D eigenvalue weighted by Crippen LogP contribution is -2.49. The molecule has 1 amide bonds. The molecule has 1 saturated carbocycles. The molecule has 6 nitrogen and oxygen atoms in total. The van der Waals surface area contributed by atoms with Crippen molar-refractivity contribution in [2.45, 2.75) is 31.4 Å². The van der Waals surface area contributed by atoms with Crippen LogP contribution in [0.3, 0.4) is 0 Å². The molecular formula is C13H18N2O4. The molecule has 1 aliphatic carbocycles. The van der Waals surface area contributed by atoms with Gasteiger partial charge in [0, 0.05) is 19.9 Å². The van der Waals surface area contributed by atoms with Crippen molar-refractivity contribution in [2.75, 3.05) is 13.7 Å². The zero-order valence-corrected chi connectivity index (χ0v) is 10.9. The number of nitrogens with one attached hydrogen (secondary N) is 1. The summed E-state index contributed by atoms with van der Waals surface area (Å²) in [7, 11) is 1.65. The first kappa shape index (κ1) is 13.6. The quantitative estimate of drug-likeness (QED) is 0.800. The molecular weight excluding hydrogens is 248 g/mol. The number of carbonyl (C=O) groups excluding carboxylic acids is 1. The molecule has 0 spiro atoms. The van der Waals surface area contributed by atoms with Crippen LogP contribution in [-0.4, -0.2) is 40.8 Å². The number of hydrogen-bond acceptors (Lipinski definition) is 3. The normalized spacial score (nSPS) is 16.7. The van der Waals surface area contributed by atoms with Crippen LogP contribution >= 0.6 is 0 Å². The van der Waals surface area contributed by atoms with Gasteiger partial charge in [0.1, 0.15) is 12.2 Å². The lowest BCUT2D eigenvalue weighted by Gasteiger charge is -2.40. The molecule has 1 heterocycles. The van der Waals surface area contributed by atoms with Gasteiger partial charge < -0.3 is 19.7 Å². The van der Waals surface area contributed by atoms with Crippen molar-refractivity contribution in [3.8, 4) is 0 Å². The molecule has 1 aliphatic rings. The summed E-state index contributed by atoms with van der Waals surface area (Å²) in [5, 5.41) is 11.6. The van der Waals surface area contributed by atoms with E-state index in [0.29, 0.717) is 12.2 Å². The average molecular weight is 266 g/mol. The van der Waals surface area contributed by atoms with Crippen LogP contribution in [0.5, 0.6) is 0 Å². The maximum atomic E-state index is 12.0. The predicted molar refractivity (Wildman–Crippen MR) is 68.0 cm³/mol. The number of hydrogen-bond donors (Lipinski definition) is 2. The van der Waals surface area contributed by atoms with E-state index in [1.165, 1.54) is 4.57 Å². The monoisotopic (exact) mass is 266 g/mol. The summed E-state index contributed by atoms with van der Waals surface area (Å²) >= 11 is 0. The van der Waals surface area contributed by atoms with Gasteiger partial charge in [-0.3, -0.25) is 9.59 Å². The minimum atomic E-state index is -0.974. The minimum Gasteiger partial charge on any atom is -0.480 e. The average Bonchev–Trinajstić information content (AvgIpc) is 2.75. The number of rotatable bonds is 6. The molecule has 1 fully saturated rings. The van der Waals surface area contributed by atoms with Crippen molar-refractivity contribution in [1.29, 1.82) is 0 Å². The van der Waals surface area contributed by atoms with Crippen LogP contribution in [0, 0.1) is 0 Å². The highest BCUT2D eigenvalue weighted by Gasteiger charge is 2.37. The van der Waals surface area contributed by atoms with Gasteiger partial charge in [-0.1, -0.05) is 0 Å². The molecule has 1 aromatic heterocycles. The Labute approximate surface area is 111 Å². The number of aliphatic carboxylic acids is 1. The third-order valence-electron chi connectivity index (χ3n) is 3.64. The highest BCUT2D eigenvalue weighted by Crippen LogP contribution is 2.34. The van der Waals surface area contributed by atoms with Crippen LogP contribution in [-0.2, 0) is 16.1 Å². The number of nitrogens with zero attached hydrogens (tertiary/aromatic N) is 1. The van der Waals surface area contributed by atoms with Crippen LogP contribution in [0.1, 0.15) is 29.8 Å². The third kappa shape index (κ3) is 2.96. The maximum Gasteiger partial charge on any atom is 0.323 e. The lowest BCUT2D eigenvalue weighted by atomic mass is 9.80. The molecule has 0 radical (unpaired) electrons. The van der Waals surface area contributed by atoms with Gasteiger partial charge in [-0.05, 0) is 31.4 Å². The van der Waals surface area contributed by atoms with Crippen LogP contribution in [0.2, 0.25) is 0 Å². The first-order valence-corrected chi connectivity index (χ1v) is 6.27. The summed E-state index contributed by atoms with van der Waals surface area (Å²) < 4.78 is 6.84. The Kier molecular flexibility index (Phi) is 3.90. The SMILES string of the molecule is COC1(CNC(=O)c2cccn2CC(=O)O)CCC1. The molecule has 104 valence electrons. The van der Waals surface area contributed by atoms with Crippen LogP contribution < -0.4 is 5.32 Å². The van der Waals surface area contributed by atoms with Crippen molar-refractivity contribution in [1.82, 2.24) is 9.88 Å². The third-order valence-corrected chi connectivity index (χ3v) is 3.64. The van der Waals surface area contributed by atoms with E-state index in [1.807, 2.05) is 0 Å². The van der Waals surface area contributed by atoms with Crippen molar-refractivity contribution < 1.29 is 19.4 Å². The Balaban J connectivity index is 1.96. The van der Waals surface area contributed by atoms with Gasteiger partial charge in [0.25, 0.3) is 5.91 Å². The Morgan fingerprint density at radius 3 is 2.79 bits per heavy atom. The molecule has 0 unspecified atom stereocenters. The standard InChI is InChI=1S/C13H18N2O4/c1-19-13(5-3-6-13)9-14-12(18)10-4-2-7-15(10)8-11(16)17/h2,4,7H,3,5-6,8-9H2,1H3,(H,14,18)(H,16,17). The number of ether oxygens (including phenoxy) is 1. The number of carbonyl (C=O) groups is 2. The van der Waals surface area contributed by atoms with Crippen molar-refractivity contribution in [3.63, 3.8) is 0 Å². The summed E-state index contributed by atoms with van der Waals surface area (Å²) in [6.45, 7) is 0.242. The fourth-order valence-corrected chi connectivity index (χ4v) is 2.26. The van der Waals surface area contributed by atoms with Crippen LogP contribution in [0.25, 0.3) is 0 Å². The second-order valence-electron chi connectivity index (χ2n) is 4.84. The van der Waals surface area contributed by atoms with E-state index in [2.05, 4.69) is 5.32 Å². The Morgan fingerprint density at radius 2 is 2.26 bits per heavy atom. The first-order chi connectivity index (χ1) is 9.06. The fraction of sp³-hybridized carbons (Fsp3) is 0.538. The summed E-state index contributed by atoms with van der Waals surface area (Å²) in [6, 6.07) is 3.27. The van der Waals surface area contributed by atoms with E-state index in [1.54, 1.807) is 25.4 Å². The van der Waals surface area contributed by atoms with E-state index < -0.39 is 5.97 Å². The molecule has 0 saturated heterocycles. The molecule has 2 N–H and O–H groups in total. The highest BCUT2D eigenvalue weighted by molar-refractivity contribution is 5.93. The minimum absolute atomic E-state index is 0.217. The van der Waals surface area contributed by atoms with Gasteiger partial charge >= 0.3 is 5.97 Å². The van der Waals surface area contributed by atoms with E-state index in [-0.39, 0.29) is 18.1 Å².